The smallest absolute Gasteiger partial charge is 0.258 e. The van der Waals surface area contributed by atoms with Gasteiger partial charge < -0.3 is 24.3 Å². The first kappa shape index (κ1) is 26.9. The number of amides is 1. The fourth-order valence-electron chi connectivity index (χ4n) is 2.95. The van der Waals surface area contributed by atoms with Crippen molar-refractivity contribution < 1.29 is 28.5 Å². The number of benzene rings is 2. The zero-order chi connectivity index (χ0) is 25.1. The molecule has 0 bridgehead atoms. The topological polar surface area (TPSA) is 108 Å². The molecule has 0 fully saturated rings. The van der Waals surface area contributed by atoms with Gasteiger partial charge >= 0.3 is 0 Å². The van der Waals surface area contributed by atoms with Crippen LogP contribution < -0.4 is 24.3 Å². The number of hydrogen-bond acceptors (Lipinski definition) is 8. The van der Waals surface area contributed by atoms with E-state index in [-0.39, 0.29) is 16.5 Å². The predicted molar refractivity (Wildman–Crippen MR) is 130 cm³/mol. The molecule has 184 valence electrons. The van der Waals surface area contributed by atoms with Gasteiger partial charge in [-0.2, -0.15) is 10.2 Å². The molecule has 1 amide bonds. The Morgan fingerprint density at radius 2 is 1.56 bits per heavy atom. The largest absolute Gasteiger partial charge is 0.494 e. The molecule has 0 aliphatic carbocycles. The zero-order valence-electron chi connectivity index (χ0n) is 20.0. The Morgan fingerprint density at radius 3 is 2.18 bits per heavy atom. The highest BCUT2D eigenvalue weighted by Crippen LogP contribution is 2.38. The summed E-state index contributed by atoms with van der Waals surface area (Å²) in [5.41, 5.74) is 0.598. The third-order valence-corrected chi connectivity index (χ3v) is 4.61. The van der Waals surface area contributed by atoms with Crippen LogP contribution in [0.4, 0.5) is 11.4 Å². The van der Waals surface area contributed by atoms with Crippen molar-refractivity contribution in [1.82, 2.24) is 0 Å². The summed E-state index contributed by atoms with van der Waals surface area (Å²) < 4.78 is 22.1. The first-order chi connectivity index (χ1) is 16.3. The number of nitrogens with one attached hydrogen (secondary N) is 1. The maximum atomic E-state index is 13.0. The number of halogens is 1. The van der Waals surface area contributed by atoms with Crippen molar-refractivity contribution in [2.24, 2.45) is 10.2 Å². The lowest BCUT2D eigenvalue weighted by Gasteiger charge is -2.16. The van der Waals surface area contributed by atoms with E-state index >= 15 is 0 Å². The minimum absolute atomic E-state index is 0.262. The van der Waals surface area contributed by atoms with Crippen LogP contribution in [-0.4, -0.2) is 44.2 Å². The maximum Gasteiger partial charge on any atom is 0.258 e. The van der Waals surface area contributed by atoms with Gasteiger partial charge in [0.15, 0.2) is 11.5 Å². The summed E-state index contributed by atoms with van der Waals surface area (Å²) >= 11 is 6.31. The van der Waals surface area contributed by atoms with E-state index in [2.05, 4.69) is 15.5 Å². The number of ketones is 1. The van der Waals surface area contributed by atoms with Crippen molar-refractivity contribution >= 4 is 34.7 Å². The highest BCUT2D eigenvalue weighted by molar-refractivity contribution is 6.33. The molecule has 0 radical (unpaired) electrons. The van der Waals surface area contributed by atoms with Crippen LogP contribution >= 0.6 is 11.6 Å². The van der Waals surface area contributed by atoms with E-state index in [9.17, 15) is 9.59 Å². The van der Waals surface area contributed by atoms with E-state index < -0.39 is 17.7 Å². The van der Waals surface area contributed by atoms with E-state index in [1.807, 2.05) is 20.8 Å². The van der Waals surface area contributed by atoms with E-state index in [1.165, 1.54) is 6.92 Å². The minimum atomic E-state index is -1.41. The summed E-state index contributed by atoms with van der Waals surface area (Å²) in [4.78, 5) is 25.3. The number of carbonyl (C=O) groups is 2. The van der Waals surface area contributed by atoms with Crippen LogP contribution in [0.5, 0.6) is 23.0 Å². The standard InChI is InChI=1S/C24H30ClN3O6/c1-6-31-16-10-11-21(33-8-3)19(13-16)27-28-22(15(5)29)24(30)26-20-14-17(32-7-2)12-18(25)23(20)34-9-4/h10-14,22H,6-9H2,1-5H3,(H,26,30). The second-order valence-electron chi connectivity index (χ2n) is 6.86. The lowest BCUT2D eigenvalue weighted by Crippen LogP contribution is -2.32. The number of ether oxygens (including phenoxy) is 4. The first-order valence-corrected chi connectivity index (χ1v) is 11.4. The van der Waals surface area contributed by atoms with Gasteiger partial charge in [0.2, 0.25) is 6.04 Å². The van der Waals surface area contributed by atoms with Crippen LogP contribution in [0, 0.1) is 0 Å². The van der Waals surface area contributed by atoms with E-state index in [4.69, 9.17) is 30.5 Å². The lowest BCUT2D eigenvalue weighted by molar-refractivity contribution is -0.126. The summed E-state index contributed by atoms with van der Waals surface area (Å²) in [6, 6.07) is 6.83. The molecule has 0 aliphatic heterocycles. The molecule has 10 heteroatoms. The third kappa shape index (κ3) is 7.34. The summed E-state index contributed by atoms with van der Waals surface area (Å²) in [6.45, 7) is 10.2. The van der Waals surface area contributed by atoms with Crippen molar-refractivity contribution in [2.45, 2.75) is 40.7 Å². The molecule has 0 heterocycles. The Hall–Kier alpha value is -3.33. The average molecular weight is 492 g/mol. The fourth-order valence-corrected chi connectivity index (χ4v) is 3.22. The molecule has 9 nitrogen and oxygen atoms in total. The molecule has 0 aliphatic rings. The van der Waals surface area contributed by atoms with Crippen LogP contribution in [0.25, 0.3) is 0 Å². The number of anilines is 1. The van der Waals surface area contributed by atoms with Gasteiger partial charge in [-0.05, 0) is 46.8 Å². The molecule has 1 unspecified atom stereocenters. The van der Waals surface area contributed by atoms with Gasteiger partial charge in [-0.1, -0.05) is 11.6 Å². The van der Waals surface area contributed by atoms with Crippen LogP contribution in [-0.2, 0) is 9.59 Å². The number of rotatable bonds is 13. The molecule has 1 atom stereocenters. The number of nitrogens with zero attached hydrogens (tertiary/aromatic N) is 2. The van der Waals surface area contributed by atoms with Crippen molar-refractivity contribution in [3.05, 3.63) is 35.4 Å². The molecule has 0 saturated heterocycles. The van der Waals surface area contributed by atoms with Crippen LogP contribution in [0.1, 0.15) is 34.6 Å². The fraction of sp³-hybridized carbons (Fsp3) is 0.417. The second-order valence-corrected chi connectivity index (χ2v) is 7.27. The Balaban J connectivity index is 2.36. The number of azo groups is 1. The molecular formula is C24H30ClN3O6. The molecule has 2 rings (SSSR count). The Labute approximate surface area is 204 Å². The molecule has 2 aromatic carbocycles. The predicted octanol–water partition coefficient (Wildman–Crippen LogP) is 5.61. The van der Waals surface area contributed by atoms with Gasteiger partial charge in [-0.25, -0.2) is 0 Å². The molecular weight excluding hydrogens is 462 g/mol. The van der Waals surface area contributed by atoms with Crippen molar-refractivity contribution in [2.75, 3.05) is 31.7 Å². The molecule has 2 aromatic rings. The van der Waals surface area contributed by atoms with E-state index in [0.29, 0.717) is 49.4 Å². The van der Waals surface area contributed by atoms with Gasteiger partial charge in [-0.3, -0.25) is 9.59 Å². The third-order valence-electron chi connectivity index (χ3n) is 4.33. The van der Waals surface area contributed by atoms with Crippen LogP contribution in [0.3, 0.4) is 0 Å². The molecule has 0 saturated carbocycles. The highest BCUT2D eigenvalue weighted by Gasteiger charge is 2.25. The number of Topliss-reactive ketones (excluding diaryl/α,β-unsaturated/α-hetero) is 1. The average Bonchev–Trinajstić information content (AvgIpc) is 2.78. The summed E-state index contributed by atoms with van der Waals surface area (Å²) in [6.07, 6.45) is 0. The van der Waals surface area contributed by atoms with Gasteiger partial charge in [0.25, 0.3) is 5.91 Å². The summed E-state index contributed by atoms with van der Waals surface area (Å²) in [7, 11) is 0. The van der Waals surface area contributed by atoms with Crippen LogP contribution in [0.2, 0.25) is 5.02 Å². The van der Waals surface area contributed by atoms with Crippen molar-refractivity contribution in [3.8, 4) is 23.0 Å². The maximum absolute atomic E-state index is 13.0. The van der Waals surface area contributed by atoms with Gasteiger partial charge in [0, 0.05) is 18.2 Å². The Bertz CT molecular complexity index is 1030. The quantitative estimate of drug-likeness (QED) is 0.288. The normalized spacial score (nSPS) is 11.7. The first-order valence-electron chi connectivity index (χ1n) is 11.0. The Kier molecular flexibility index (Phi) is 10.6. The second kappa shape index (κ2) is 13.4. The highest BCUT2D eigenvalue weighted by atomic mass is 35.5. The zero-order valence-corrected chi connectivity index (χ0v) is 20.8. The Morgan fingerprint density at radius 1 is 0.912 bits per heavy atom. The van der Waals surface area contributed by atoms with Crippen LogP contribution in [0.15, 0.2) is 40.6 Å². The number of hydrogen-bond donors (Lipinski definition) is 1. The summed E-state index contributed by atoms with van der Waals surface area (Å²) in [5.74, 6) is 0.537. The summed E-state index contributed by atoms with van der Waals surface area (Å²) in [5, 5.41) is 11.1. The van der Waals surface area contributed by atoms with Gasteiger partial charge in [0.1, 0.15) is 22.9 Å². The van der Waals surface area contributed by atoms with E-state index in [0.717, 1.165) is 0 Å². The number of carbonyl (C=O) groups excluding carboxylic acids is 2. The molecule has 1 N–H and O–H groups in total. The molecule has 34 heavy (non-hydrogen) atoms. The molecule has 0 spiro atoms. The minimum Gasteiger partial charge on any atom is -0.494 e. The van der Waals surface area contributed by atoms with E-state index in [1.54, 1.807) is 37.3 Å². The van der Waals surface area contributed by atoms with Gasteiger partial charge in [-0.15, -0.1) is 0 Å². The lowest BCUT2D eigenvalue weighted by atomic mass is 10.2. The van der Waals surface area contributed by atoms with Crippen molar-refractivity contribution in [1.29, 1.82) is 0 Å². The van der Waals surface area contributed by atoms with Gasteiger partial charge in [0.05, 0.1) is 37.1 Å². The monoisotopic (exact) mass is 491 g/mol. The SMILES string of the molecule is CCOc1ccc(OCC)c(N=NC(C(C)=O)C(=O)Nc2cc(OCC)cc(Cl)c2OCC)c1. The molecule has 0 aromatic heterocycles. The van der Waals surface area contributed by atoms with Crippen molar-refractivity contribution in [3.63, 3.8) is 0 Å².